The third kappa shape index (κ3) is 10.1. The third-order valence-corrected chi connectivity index (χ3v) is 10.2. The number of hydrogen-bond acceptors (Lipinski definition) is 2. The summed E-state index contributed by atoms with van der Waals surface area (Å²) in [7, 11) is 1.93. The van der Waals surface area contributed by atoms with Gasteiger partial charge in [0, 0.05) is 30.1 Å². The zero-order chi connectivity index (χ0) is 39.8. The van der Waals surface area contributed by atoms with E-state index in [4.69, 9.17) is 4.74 Å². The van der Waals surface area contributed by atoms with E-state index in [1.165, 1.54) is 49.4 Å². The molecule has 1 atom stereocenters. The fourth-order valence-electron chi connectivity index (χ4n) is 7.27. The van der Waals surface area contributed by atoms with Crippen molar-refractivity contribution in [3.63, 3.8) is 0 Å². The van der Waals surface area contributed by atoms with Gasteiger partial charge in [0.1, 0.15) is 5.75 Å². The Labute approximate surface area is 336 Å². The maximum Gasteiger partial charge on any atom is 0.131 e. The molecule has 0 fully saturated rings. The Morgan fingerprint density at radius 2 is 1.39 bits per heavy atom. The molecule has 56 heavy (non-hydrogen) atoms. The predicted octanol–water partition coefficient (Wildman–Crippen LogP) is 13.2. The van der Waals surface area contributed by atoms with Gasteiger partial charge in [-0.1, -0.05) is 184 Å². The van der Waals surface area contributed by atoms with Crippen LogP contribution in [0.15, 0.2) is 177 Å². The fraction of sp³-hybridized carbons (Fsp3) is 0.185. The van der Waals surface area contributed by atoms with Crippen molar-refractivity contribution in [1.82, 2.24) is 0 Å². The van der Waals surface area contributed by atoms with Gasteiger partial charge in [0.15, 0.2) is 0 Å². The number of hydrogen-bond donors (Lipinski definition) is 1. The van der Waals surface area contributed by atoms with Crippen LogP contribution < -0.4 is 20.5 Å². The van der Waals surface area contributed by atoms with E-state index in [1.54, 1.807) is 0 Å². The molecule has 2 nitrogen and oxygen atoms in total. The van der Waals surface area contributed by atoms with Gasteiger partial charge in [0.2, 0.25) is 0 Å². The SMILES string of the molecule is C/C=C/C=C\C=C/c1ccccc1NC.C=C1CC/C=C\CC2(C/C=c3/cccc/c3=C/C(=C)c3cc(-c4ccc(C)cc4)ccc32)c2ccccc2O1.CC. The Morgan fingerprint density at radius 3 is 2.18 bits per heavy atom. The van der Waals surface area contributed by atoms with Crippen LogP contribution in [0.3, 0.4) is 0 Å². The number of aryl methyl sites for hydroxylation is 1. The predicted molar refractivity (Wildman–Crippen MR) is 245 cm³/mol. The van der Waals surface area contributed by atoms with Crippen LogP contribution >= 0.6 is 0 Å². The van der Waals surface area contributed by atoms with Gasteiger partial charge in [-0.3, -0.25) is 0 Å². The first-order valence-corrected chi connectivity index (χ1v) is 19.9. The first-order chi connectivity index (χ1) is 27.4. The van der Waals surface area contributed by atoms with E-state index in [0.29, 0.717) is 0 Å². The van der Waals surface area contributed by atoms with Crippen LogP contribution in [0.1, 0.15) is 74.3 Å². The minimum absolute atomic E-state index is 0.347. The molecule has 1 heterocycles. The van der Waals surface area contributed by atoms with E-state index in [0.717, 1.165) is 48.5 Å². The smallest absolute Gasteiger partial charge is 0.131 e. The Bertz CT molecular complexity index is 2350. The quantitative estimate of drug-likeness (QED) is 0.143. The summed E-state index contributed by atoms with van der Waals surface area (Å²) in [6, 6.07) is 41.1. The van der Waals surface area contributed by atoms with Crippen molar-refractivity contribution in [2.45, 2.75) is 58.8 Å². The summed E-state index contributed by atoms with van der Waals surface area (Å²) >= 11 is 0. The number of rotatable bonds is 5. The van der Waals surface area contributed by atoms with E-state index in [2.05, 4.69) is 159 Å². The van der Waals surface area contributed by atoms with Gasteiger partial charge in [-0.25, -0.2) is 0 Å². The first kappa shape index (κ1) is 41.1. The zero-order valence-electron chi connectivity index (χ0n) is 33.9. The lowest BCUT2D eigenvalue weighted by Crippen LogP contribution is -2.30. The normalized spacial score (nSPS) is 18.1. The molecule has 1 aliphatic heterocycles. The molecule has 1 unspecified atom stereocenters. The number of benzene rings is 5. The second kappa shape index (κ2) is 20.5. The molecule has 0 bridgehead atoms. The number of fused-ring (bicyclic) bond motifs is 5. The maximum atomic E-state index is 6.45. The minimum atomic E-state index is -0.347. The van der Waals surface area contributed by atoms with Crippen LogP contribution in [0.25, 0.3) is 34.9 Å². The van der Waals surface area contributed by atoms with E-state index >= 15 is 0 Å². The lowest BCUT2D eigenvalue weighted by atomic mass is 9.67. The summed E-state index contributed by atoms with van der Waals surface area (Å²) in [5.41, 5.74) is 10.3. The summed E-state index contributed by atoms with van der Waals surface area (Å²) in [5.74, 6) is 1.69. The van der Waals surface area contributed by atoms with E-state index in [1.807, 2.05) is 70.3 Å². The highest BCUT2D eigenvalue weighted by atomic mass is 16.5. The summed E-state index contributed by atoms with van der Waals surface area (Å²) in [4.78, 5) is 0. The van der Waals surface area contributed by atoms with Crippen LogP contribution in [-0.2, 0) is 5.41 Å². The average Bonchev–Trinajstić information content (AvgIpc) is 3.28. The summed E-state index contributed by atoms with van der Waals surface area (Å²) in [6.45, 7) is 17.0. The number of anilines is 1. The van der Waals surface area contributed by atoms with Crippen molar-refractivity contribution in [3.8, 4) is 16.9 Å². The van der Waals surface area contributed by atoms with Gasteiger partial charge in [-0.2, -0.15) is 0 Å². The van der Waals surface area contributed by atoms with Crippen LogP contribution in [0.4, 0.5) is 5.69 Å². The highest BCUT2D eigenvalue weighted by Crippen LogP contribution is 2.48. The molecule has 2 heteroatoms. The highest BCUT2D eigenvalue weighted by molar-refractivity contribution is 5.91. The van der Waals surface area contributed by atoms with Crippen LogP contribution in [0.5, 0.6) is 5.75 Å². The lowest BCUT2D eigenvalue weighted by Gasteiger charge is -2.37. The number of para-hydroxylation sites is 2. The molecule has 5 aromatic rings. The fourth-order valence-corrected chi connectivity index (χ4v) is 7.27. The molecule has 0 saturated heterocycles. The van der Waals surface area contributed by atoms with Crippen LogP contribution in [0, 0.1) is 6.92 Å². The molecular weight excluding hydrogens is 679 g/mol. The summed E-state index contributed by atoms with van der Waals surface area (Å²) < 4.78 is 6.45. The Hall–Kier alpha value is -6.12. The highest BCUT2D eigenvalue weighted by Gasteiger charge is 2.38. The molecular formula is C54H57NO. The maximum absolute atomic E-state index is 6.45. The average molecular weight is 736 g/mol. The minimum Gasteiger partial charge on any atom is -0.462 e. The largest absolute Gasteiger partial charge is 0.462 e. The summed E-state index contributed by atoms with van der Waals surface area (Å²) in [5, 5.41) is 5.58. The van der Waals surface area contributed by atoms with Crippen LogP contribution in [0.2, 0.25) is 0 Å². The molecule has 0 amide bonds. The van der Waals surface area contributed by atoms with E-state index in [9.17, 15) is 0 Å². The first-order valence-electron chi connectivity index (χ1n) is 19.9. The number of nitrogens with one attached hydrogen (secondary N) is 1. The second-order valence-electron chi connectivity index (χ2n) is 13.9. The molecule has 0 saturated carbocycles. The van der Waals surface area contributed by atoms with Gasteiger partial charge in [-0.05, 0) is 101 Å². The molecule has 0 radical (unpaired) electrons. The number of ether oxygens (including phenoxy) is 1. The zero-order valence-corrected chi connectivity index (χ0v) is 33.9. The Kier molecular flexibility index (Phi) is 15.0. The van der Waals surface area contributed by atoms with Crippen molar-refractivity contribution in [3.05, 3.63) is 215 Å². The van der Waals surface area contributed by atoms with Crippen molar-refractivity contribution in [1.29, 1.82) is 0 Å². The molecule has 1 spiro atoms. The standard InChI is InChI=1S/C38H34O.C14H17N.C2H6/c1-27-16-18-31(19-17-27)33-20-21-35-34(26-33)28(2)25-32-13-7-6-12-30(32)22-24-38(35)23-10-4-5-11-29(3)39-37-15-9-8-14-36(37)38;1-3-4-5-6-7-10-13-11-8-9-12-14(13)15-2;1-2/h4,6-10,12-22,25-26H,2-3,5,11,23-24H2,1H3;3-12,15H,1-2H3;1-2H3/b10-4-,30-22-,32-25-;4-3+,6-5-,10-7-;. The molecule has 5 aromatic carbocycles. The topological polar surface area (TPSA) is 21.3 Å². The van der Waals surface area contributed by atoms with Crippen molar-refractivity contribution < 1.29 is 4.74 Å². The molecule has 284 valence electrons. The molecule has 1 aliphatic carbocycles. The van der Waals surface area contributed by atoms with Crippen molar-refractivity contribution in [2.24, 2.45) is 0 Å². The van der Waals surface area contributed by atoms with Gasteiger partial charge < -0.3 is 10.1 Å². The Balaban J connectivity index is 0.000000297. The monoisotopic (exact) mass is 735 g/mol. The number of allylic oxidation sites excluding steroid dienone is 9. The van der Waals surface area contributed by atoms with Gasteiger partial charge in [-0.15, -0.1) is 0 Å². The third-order valence-electron chi connectivity index (χ3n) is 10.2. The molecule has 2 aliphatic rings. The second-order valence-corrected chi connectivity index (χ2v) is 13.9. The molecule has 1 N–H and O–H groups in total. The Morgan fingerprint density at radius 1 is 0.696 bits per heavy atom. The van der Waals surface area contributed by atoms with E-state index in [-0.39, 0.29) is 5.41 Å². The van der Waals surface area contributed by atoms with Gasteiger partial charge >= 0.3 is 0 Å². The van der Waals surface area contributed by atoms with Gasteiger partial charge in [0.25, 0.3) is 0 Å². The summed E-state index contributed by atoms with van der Waals surface area (Å²) in [6.07, 6.45) is 24.9. The van der Waals surface area contributed by atoms with Crippen molar-refractivity contribution >= 4 is 29.5 Å². The van der Waals surface area contributed by atoms with Gasteiger partial charge in [0.05, 0.1) is 5.76 Å². The van der Waals surface area contributed by atoms with Crippen LogP contribution in [-0.4, -0.2) is 7.05 Å². The van der Waals surface area contributed by atoms with Crippen molar-refractivity contribution in [2.75, 3.05) is 12.4 Å². The lowest BCUT2D eigenvalue weighted by molar-refractivity contribution is 0.386. The molecule has 0 aromatic heterocycles. The van der Waals surface area contributed by atoms with E-state index < -0.39 is 0 Å². The molecule has 7 rings (SSSR count).